The van der Waals surface area contributed by atoms with Crippen molar-refractivity contribution in [1.29, 1.82) is 0 Å². The van der Waals surface area contributed by atoms with Gasteiger partial charge in [0.2, 0.25) is 11.9 Å². The summed E-state index contributed by atoms with van der Waals surface area (Å²) in [4.78, 5) is 23.9. The molecule has 0 spiro atoms. The first-order valence-corrected chi connectivity index (χ1v) is 12.6. The summed E-state index contributed by atoms with van der Waals surface area (Å²) >= 11 is 1.71. The molecule has 1 N–H and O–H groups in total. The number of sulfone groups is 1. The molecule has 2 aromatic rings. The second-order valence-electron chi connectivity index (χ2n) is 7.13. The number of thioether (sulfide) groups is 1. The number of hydrogen-bond donors (Lipinski definition) is 1. The second kappa shape index (κ2) is 8.65. The Bertz CT molecular complexity index is 979. The maximum atomic E-state index is 12.4. The first-order chi connectivity index (χ1) is 13.3. The van der Waals surface area contributed by atoms with Crippen LogP contribution in [0.4, 0.5) is 5.95 Å². The molecule has 1 saturated heterocycles. The summed E-state index contributed by atoms with van der Waals surface area (Å²) < 4.78 is 23.7. The quantitative estimate of drug-likeness (QED) is 0.712. The highest BCUT2D eigenvalue weighted by atomic mass is 32.2. The molecule has 1 aliphatic rings. The van der Waals surface area contributed by atoms with Crippen molar-refractivity contribution in [2.75, 3.05) is 42.8 Å². The Labute approximate surface area is 170 Å². The van der Waals surface area contributed by atoms with Gasteiger partial charge in [0.25, 0.3) is 0 Å². The molecule has 2 heterocycles. The normalized spacial score (nSPS) is 17.7. The lowest BCUT2D eigenvalue weighted by molar-refractivity contribution is -0.125. The molecule has 0 bridgehead atoms. The zero-order valence-electron chi connectivity index (χ0n) is 16.4. The lowest BCUT2D eigenvalue weighted by atomic mass is 9.97. The van der Waals surface area contributed by atoms with Gasteiger partial charge < -0.3 is 10.2 Å². The van der Waals surface area contributed by atoms with Crippen molar-refractivity contribution >= 4 is 44.4 Å². The molecule has 0 unspecified atom stereocenters. The fourth-order valence-corrected chi connectivity index (χ4v) is 4.37. The number of carbonyl (C=O) groups is 1. The Morgan fingerprint density at radius 2 is 2.14 bits per heavy atom. The van der Waals surface area contributed by atoms with Crippen molar-refractivity contribution in [2.45, 2.75) is 24.7 Å². The van der Waals surface area contributed by atoms with E-state index in [-0.39, 0.29) is 16.7 Å². The van der Waals surface area contributed by atoms with Crippen molar-refractivity contribution in [2.24, 2.45) is 5.92 Å². The predicted molar refractivity (Wildman–Crippen MR) is 114 cm³/mol. The lowest BCUT2D eigenvalue weighted by Crippen LogP contribution is -2.44. The number of carbonyl (C=O) groups excluding carboxylic acids is 1. The van der Waals surface area contributed by atoms with Crippen LogP contribution < -0.4 is 10.2 Å². The van der Waals surface area contributed by atoms with E-state index in [1.54, 1.807) is 30.0 Å². The van der Waals surface area contributed by atoms with Crippen molar-refractivity contribution in [1.82, 2.24) is 15.3 Å². The highest BCUT2D eigenvalue weighted by Crippen LogP contribution is 2.25. The van der Waals surface area contributed by atoms with Gasteiger partial charge in [-0.15, -0.1) is 0 Å². The molecule has 0 radical (unpaired) electrons. The predicted octanol–water partition coefficient (Wildman–Crippen LogP) is 2.04. The first kappa shape index (κ1) is 20.9. The fourth-order valence-electron chi connectivity index (χ4n) is 3.42. The number of anilines is 1. The van der Waals surface area contributed by atoms with Gasteiger partial charge >= 0.3 is 0 Å². The van der Waals surface area contributed by atoms with Crippen LogP contribution in [0.1, 0.15) is 18.5 Å². The van der Waals surface area contributed by atoms with E-state index in [0.717, 1.165) is 36.2 Å². The third-order valence-corrected chi connectivity index (χ3v) is 6.68. The van der Waals surface area contributed by atoms with Crippen LogP contribution in [0.3, 0.4) is 0 Å². The van der Waals surface area contributed by atoms with Gasteiger partial charge in [-0.25, -0.2) is 18.4 Å². The Kier molecular flexibility index (Phi) is 6.44. The number of amides is 1. The van der Waals surface area contributed by atoms with E-state index in [9.17, 15) is 13.2 Å². The molecule has 152 valence electrons. The van der Waals surface area contributed by atoms with E-state index < -0.39 is 9.84 Å². The van der Waals surface area contributed by atoms with E-state index >= 15 is 0 Å². The smallest absolute Gasteiger partial charge is 0.226 e. The number of aromatic nitrogens is 2. The minimum atomic E-state index is -3.30. The van der Waals surface area contributed by atoms with Crippen molar-refractivity contribution in [3.8, 4) is 0 Å². The van der Waals surface area contributed by atoms with Crippen molar-refractivity contribution in [3.63, 3.8) is 0 Å². The van der Waals surface area contributed by atoms with Gasteiger partial charge in [-0.2, -0.15) is 11.8 Å². The average Bonchev–Trinajstić information content (AvgIpc) is 2.67. The van der Waals surface area contributed by atoms with Crippen LogP contribution in [0, 0.1) is 12.8 Å². The Morgan fingerprint density at radius 1 is 1.36 bits per heavy atom. The van der Waals surface area contributed by atoms with Crippen LogP contribution in [0.5, 0.6) is 0 Å². The molecule has 28 heavy (non-hydrogen) atoms. The molecule has 1 aliphatic heterocycles. The number of nitrogens with one attached hydrogen (secondary N) is 1. The van der Waals surface area contributed by atoms with Crippen molar-refractivity contribution < 1.29 is 13.2 Å². The summed E-state index contributed by atoms with van der Waals surface area (Å²) in [5.41, 5.74) is 1.41. The molecule has 0 saturated carbocycles. The van der Waals surface area contributed by atoms with Crippen LogP contribution in [0.25, 0.3) is 10.9 Å². The molecular formula is C19H26N4O3S2. The average molecular weight is 423 g/mol. The molecule has 1 aromatic heterocycles. The number of nitrogens with zero attached hydrogens (tertiary/aromatic N) is 3. The minimum Gasteiger partial charge on any atom is -0.355 e. The van der Waals surface area contributed by atoms with Gasteiger partial charge in [0.1, 0.15) is 0 Å². The van der Waals surface area contributed by atoms with E-state index in [0.29, 0.717) is 24.6 Å². The molecule has 1 aromatic carbocycles. The fraction of sp³-hybridized carbons (Fsp3) is 0.526. The maximum absolute atomic E-state index is 12.4. The summed E-state index contributed by atoms with van der Waals surface area (Å²) in [6.45, 7) is 3.92. The van der Waals surface area contributed by atoms with Gasteiger partial charge in [0, 0.05) is 37.0 Å². The van der Waals surface area contributed by atoms with E-state index in [1.165, 1.54) is 6.26 Å². The minimum absolute atomic E-state index is 0.0793. The summed E-state index contributed by atoms with van der Waals surface area (Å²) in [6.07, 6.45) is 4.95. The first-order valence-electron chi connectivity index (χ1n) is 9.29. The van der Waals surface area contributed by atoms with Crippen molar-refractivity contribution in [3.05, 3.63) is 23.9 Å². The molecule has 3 rings (SSSR count). The van der Waals surface area contributed by atoms with E-state index in [1.807, 2.05) is 18.1 Å². The Balaban J connectivity index is 1.84. The Morgan fingerprint density at radius 3 is 2.86 bits per heavy atom. The van der Waals surface area contributed by atoms with Gasteiger partial charge in [-0.3, -0.25) is 4.79 Å². The highest BCUT2D eigenvalue weighted by molar-refractivity contribution is 7.98. The van der Waals surface area contributed by atoms with Gasteiger partial charge in [0.15, 0.2) is 9.84 Å². The number of rotatable bonds is 6. The molecule has 9 heteroatoms. The zero-order chi connectivity index (χ0) is 20.3. The number of fused-ring (bicyclic) bond motifs is 1. The molecular weight excluding hydrogens is 396 g/mol. The number of aryl methyl sites for hydroxylation is 1. The number of piperidine rings is 1. The Hall–Kier alpha value is -1.87. The van der Waals surface area contributed by atoms with Crippen LogP contribution in [0.15, 0.2) is 23.1 Å². The number of benzene rings is 1. The third kappa shape index (κ3) is 4.75. The highest BCUT2D eigenvalue weighted by Gasteiger charge is 2.27. The van der Waals surface area contributed by atoms with Crippen LogP contribution in [-0.4, -0.2) is 62.2 Å². The monoisotopic (exact) mass is 422 g/mol. The SMILES string of the molecule is CSCCNC(=O)[C@H]1CCCN(c2nc(C)c3ccc(S(C)(=O)=O)cc3n2)C1. The lowest BCUT2D eigenvalue weighted by Gasteiger charge is -2.32. The van der Waals surface area contributed by atoms with E-state index in [2.05, 4.69) is 15.3 Å². The molecule has 1 fully saturated rings. The van der Waals surface area contributed by atoms with E-state index in [4.69, 9.17) is 0 Å². The molecule has 1 amide bonds. The largest absolute Gasteiger partial charge is 0.355 e. The molecule has 7 nitrogen and oxygen atoms in total. The third-order valence-electron chi connectivity index (χ3n) is 4.96. The second-order valence-corrected chi connectivity index (χ2v) is 10.1. The summed E-state index contributed by atoms with van der Waals surface area (Å²) in [6, 6.07) is 4.94. The van der Waals surface area contributed by atoms with Crippen LogP contribution >= 0.6 is 11.8 Å². The van der Waals surface area contributed by atoms with Crippen LogP contribution in [0.2, 0.25) is 0 Å². The summed E-state index contributed by atoms with van der Waals surface area (Å²) in [7, 11) is -3.30. The maximum Gasteiger partial charge on any atom is 0.226 e. The van der Waals surface area contributed by atoms with Gasteiger partial charge in [-0.1, -0.05) is 0 Å². The standard InChI is InChI=1S/C19H26N4O3S2/c1-13-16-7-6-15(28(3,25)26)11-17(16)22-19(21-13)23-9-4-5-14(12-23)18(24)20-8-10-27-2/h6-7,11,14H,4-5,8-10,12H2,1-3H3,(H,20,24)/t14-/m0/s1. The van der Waals surface area contributed by atoms with Gasteiger partial charge in [0.05, 0.1) is 22.0 Å². The molecule has 0 aliphatic carbocycles. The summed E-state index contributed by atoms with van der Waals surface area (Å²) in [5, 5.41) is 3.83. The van der Waals surface area contributed by atoms with Crippen LogP contribution in [-0.2, 0) is 14.6 Å². The molecule has 1 atom stereocenters. The number of hydrogen-bond acceptors (Lipinski definition) is 7. The summed E-state index contributed by atoms with van der Waals surface area (Å²) in [5.74, 6) is 1.45. The zero-order valence-corrected chi connectivity index (χ0v) is 18.1. The van der Waals surface area contributed by atoms with Gasteiger partial charge in [-0.05, 0) is 44.2 Å². The topological polar surface area (TPSA) is 92.3 Å².